The lowest BCUT2D eigenvalue weighted by Gasteiger charge is -2.37. The molecule has 4 nitrogen and oxygen atoms in total. The number of Topliss-reactive ketones (excluding diaryl/α,β-unsaturated/α-hetero) is 1. The number of nitrogens with zero attached hydrogens (tertiary/aromatic N) is 2. The molecule has 3 aromatic carbocycles. The van der Waals surface area contributed by atoms with Gasteiger partial charge in [0.25, 0.3) is 6.23 Å². The fraction of sp³-hybridized carbons (Fsp3) is 0.167. The Morgan fingerprint density at radius 3 is 2.43 bits per heavy atom. The highest BCUT2D eigenvalue weighted by atomic mass is 35.5. The number of hydrazone groups is 1. The Bertz CT molecular complexity index is 1160. The first kappa shape index (κ1) is 19.2. The number of rotatable bonds is 3. The first-order valence-corrected chi connectivity index (χ1v) is 10.4. The highest BCUT2D eigenvalue weighted by molar-refractivity contribution is 6.31. The zero-order chi connectivity index (χ0) is 20.8. The van der Waals surface area contributed by atoms with Crippen molar-refractivity contribution < 1.29 is 9.53 Å². The number of ether oxygens (including phenoxy) is 1. The van der Waals surface area contributed by atoms with Crippen LogP contribution in [0.2, 0.25) is 10.0 Å². The summed E-state index contributed by atoms with van der Waals surface area (Å²) in [6.07, 6.45) is -0.183. The molecule has 2 atom stereocenters. The molecule has 0 spiro atoms. The Kier molecular flexibility index (Phi) is 4.76. The van der Waals surface area contributed by atoms with Crippen molar-refractivity contribution in [1.29, 1.82) is 0 Å². The van der Waals surface area contributed by atoms with Crippen molar-refractivity contribution in [2.75, 3.05) is 0 Å². The van der Waals surface area contributed by atoms with Gasteiger partial charge in [-0.1, -0.05) is 53.0 Å². The Morgan fingerprint density at radius 1 is 1.00 bits per heavy atom. The number of halogens is 2. The monoisotopic (exact) mass is 436 g/mol. The molecule has 5 rings (SSSR count). The zero-order valence-electron chi connectivity index (χ0n) is 16.2. The van der Waals surface area contributed by atoms with Gasteiger partial charge >= 0.3 is 0 Å². The second-order valence-corrected chi connectivity index (χ2v) is 8.41. The van der Waals surface area contributed by atoms with E-state index in [1.165, 1.54) is 5.56 Å². The van der Waals surface area contributed by atoms with Crippen molar-refractivity contribution in [2.45, 2.75) is 25.6 Å². The lowest BCUT2D eigenvalue weighted by atomic mass is 9.95. The molecule has 0 aromatic heterocycles. The van der Waals surface area contributed by atoms with Gasteiger partial charge in [-0.2, -0.15) is 5.10 Å². The molecule has 0 unspecified atom stereocenters. The third-order valence-corrected chi connectivity index (χ3v) is 5.98. The Labute approximate surface area is 184 Å². The minimum absolute atomic E-state index is 0.120. The van der Waals surface area contributed by atoms with Crippen molar-refractivity contribution in [3.8, 4) is 5.75 Å². The SMILES string of the molecule is Cc1ccc(C2=NN3[C@H](C2)c2cc(Cl)ccc2O[C@H]3C(=O)c2ccc(Cl)cc2)cc1. The third-order valence-electron chi connectivity index (χ3n) is 5.49. The quantitative estimate of drug-likeness (QED) is 0.468. The van der Waals surface area contributed by atoms with Gasteiger partial charge in [-0.15, -0.1) is 0 Å². The average Bonchev–Trinajstić information content (AvgIpc) is 3.19. The van der Waals surface area contributed by atoms with Crippen molar-refractivity contribution >= 4 is 34.7 Å². The highest BCUT2D eigenvalue weighted by Crippen LogP contribution is 2.44. The summed E-state index contributed by atoms with van der Waals surface area (Å²) in [5.41, 5.74) is 4.61. The molecular formula is C24H18Cl2N2O2. The molecule has 2 aliphatic heterocycles. The van der Waals surface area contributed by atoms with Crippen LogP contribution in [0.1, 0.15) is 39.5 Å². The summed E-state index contributed by atoms with van der Waals surface area (Å²) < 4.78 is 6.13. The second kappa shape index (κ2) is 7.46. The molecule has 0 saturated carbocycles. The fourth-order valence-corrected chi connectivity index (χ4v) is 4.21. The molecule has 30 heavy (non-hydrogen) atoms. The van der Waals surface area contributed by atoms with Crippen LogP contribution in [0.3, 0.4) is 0 Å². The summed E-state index contributed by atoms with van der Waals surface area (Å²) in [6.45, 7) is 2.05. The number of benzene rings is 3. The van der Waals surface area contributed by atoms with Gasteiger partial charge in [0.1, 0.15) is 5.75 Å². The molecule has 150 valence electrons. The van der Waals surface area contributed by atoms with Crippen LogP contribution in [0.5, 0.6) is 5.75 Å². The molecule has 0 aliphatic carbocycles. The van der Waals surface area contributed by atoms with Crippen LogP contribution in [0, 0.1) is 6.92 Å². The van der Waals surface area contributed by atoms with E-state index < -0.39 is 6.23 Å². The molecule has 3 aromatic rings. The summed E-state index contributed by atoms with van der Waals surface area (Å²) >= 11 is 12.2. The minimum atomic E-state index is -0.854. The van der Waals surface area contributed by atoms with Crippen LogP contribution in [0.25, 0.3) is 0 Å². The molecule has 0 bridgehead atoms. The van der Waals surface area contributed by atoms with E-state index in [0.717, 1.165) is 16.8 Å². The van der Waals surface area contributed by atoms with Crippen molar-refractivity contribution in [2.24, 2.45) is 5.10 Å². The van der Waals surface area contributed by atoms with Gasteiger partial charge in [0.05, 0.1) is 11.8 Å². The van der Waals surface area contributed by atoms with E-state index in [2.05, 4.69) is 31.2 Å². The smallest absolute Gasteiger partial charge is 0.251 e. The molecule has 2 aliphatic rings. The highest BCUT2D eigenvalue weighted by Gasteiger charge is 2.43. The number of ketones is 1. The second-order valence-electron chi connectivity index (χ2n) is 7.54. The van der Waals surface area contributed by atoms with Crippen LogP contribution >= 0.6 is 23.2 Å². The molecule has 0 radical (unpaired) electrons. The van der Waals surface area contributed by atoms with Crippen LogP contribution in [0.15, 0.2) is 71.8 Å². The Morgan fingerprint density at radius 2 is 1.70 bits per heavy atom. The van der Waals surface area contributed by atoms with Gasteiger partial charge in [0.2, 0.25) is 5.78 Å². The maximum atomic E-state index is 13.3. The fourth-order valence-electron chi connectivity index (χ4n) is 3.91. The van der Waals surface area contributed by atoms with Crippen LogP contribution in [-0.4, -0.2) is 22.7 Å². The van der Waals surface area contributed by atoms with Crippen LogP contribution in [-0.2, 0) is 0 Å². The summed E-state index contributed by atoms with van der Waals surface area (Å²) in [5.74, 6) is 0.500. The summed E-state index contributed by atoms with van der Waals surface area (Å²) in [5, 5.41) is 7.79. The van der Waals surface area contributed by atoms with Crippen LogP contribution in [0.4, 0.5) is 0 Å². The summed E-state index contributed by atoms with van der Waals surface area (Å²) in [6, 6.07) is 20.4. The van der Waals surface area contributed by atoms with E-state index in [1.54, 1.807) is 35.3 Å². The van der Waals surface area contributed by atoms with Crippen LogP contribution < -0.4 is 4.74 Å². The maximum absolute atomic E-state index is 13.3. The lowest BCUT2D eigenvalue weighted by Crippen LogP contribution is -2.45. The minimum Gasteiger partial charge on any atom is -0.461 e. The zero-order valence-corrected chi connectivity index (χ0v) is 17.7. The van der Waals surface area contributed by atoms with Gasteiger partial charge in [0.15, 0.2) is 0 Å². The number of carbonyl (C=O) groups excluding carboxylic acids is 1. The number of hydrogen-bond acceptors (Lipinski definition) is 4. The van der Waals surface area contributed by atoms with E-state index in [-0.39, 0.29) is 11.8 Å². The van der Waals surface area contributed by atoms with Gasteiger partial charge in [-0.05, 0) is 55.0 Å². The lowest BCUT2D eigenvalue weighted by molar-refractivity contribution is -0.00455. The van der Waals surface area contributed by atoms with E-state index in [4.69, 9.17) is 33.0 Å². The van der Waals surface area contributed by atoms with Crippen molar-refractivity contribution in [3.05, 3.63) is 99.0 Å². The van der Waals surface area contributed by atoms with E-state index >= 15 is 0 Å². The molecule has 0 fully saturated rings. The van der Waals surface area contributed by atoms with Gasteiger partial charge in [-0.3, -0.25) is 4.79 Å². The first-order valence-electron chi connectivity index (χ1n) is 9.68. The van der Waals surface area contributed by atoms with Crippen molar-refractivity contribution in [1.82, 2.24) is 5.01 Å². The third kappa shape index (κ3) is 3.36. The average molecular weight is 437 g/mol. The van der Waals surface area contributed by atoms with E-state index in [9.17, 15) is 4.79 Å². The number of carbonyl (C=O) groups is 1. The normalized spacial score (nSPS) is 19.6. The topological polar surface area (TPSA) is 41.9 Å². The predicted octanol–water partition coefficient (Wildman–Crippen LogP) is 6.05. The number of hydrogen-bond donors (Lipinski definition) is 0. The van der Waals surface area contributed by atoms with Gasteiger partial charge in [0, 0.05) is 27.6 Å². The molecule has 2 heterocycles. The first-order chi connectivity index (χ1) is 14.5. The molecule has 0 saturated heterocycles. The summed E-state index contributed by atoms with van der Waals surface area (Å²) in [7, 11) is 0. The largest absolute Gasteiger partial charge is 0.461 e. The Balaban J connectivity index is 1.57. The molecular weight excluding hydrogens is 419 g/mol. The van der Waals surface area contributed by atoms with E-state index in [0.29, 0.717) is 27.8 Å². The molecule has 6 heteroatoms. The predicted molar refractivity (Wildman–Crippen MR) is 119 cm³/mol. The number of aryl methyl sites for hydroxylation is 1. The Hall–Kier alpha value is -2.82. The number of fused-ring (bicyclic) bond motifs is 3. The molecule has 0 amide bonds. The summed E-state index contributed by atoms with van der Waals surface area (Å²) in [4.78, 5) is 13.3. The van der Waals surface area contributed by atoms with E-state index in [1.807, 2.05) is 12.1 Å². The van der Waals surface area contributed by atoms with Gasteiger partial charge < -0.3 is 4.74 Å². The molecule has 0 N–H and O–H groups in total. The standard InChI is InChI=1S/C24H18Cl2N2O2/c1-14-2-4-15(5-3-14)20-13-21-19-12-18(26)10-11-22(19)30-24(28(21)27-20)23(29)16-6-8-17(25)9-7-16/h2-12,21,24H,13H2,1H3/t21-,24+/m1/s1. The van der Waals surface area contributed by atoms with Gasteiger partial charge in [-0.25, -0.2) is 5.01 Å². The van der Waals surface area contributed by atoms with Crippen molar-refractivity contribution in [3.63, 3.8) is 0 Å². The maximum Gasteiger partial charge on any atom is 0.251 e.